The summed E-state index contributed by atoms with van der Waals surface area (Å²) in [5.41, 5.74) is 2.09. The molecule has 3 N–H and O–H groups in total. The second kappa shape index (κ2) is 5.91. The number of carbonyl (C=O) groups is 2. The van der Waals surface area contributed by atoms with Crippen LogP contribution in [0, 0.1) is 13.8 Å². The highest BCUT2D eigenvalue weighted by Gasteiger charge is 2.29. The van der Waals surface area contributed by atoms with Crippen molar-refractivity contribution in [2.24, 2.45) is 0 Å². The lowest BCUT2D eigenvalue weighted by Crippen LogP contribution is -2.51. The van der Waals surface area contributed by atoms with Crippen molar-refractivity contribution >= 4 is 17.7 Å². The Morgan fingerprint density at radius 2 is 2.30 bits per heavy atom. The first-order chi connectivity index (χ1) is 9.49. The molecule has 1 saturated heterocycles. The van der Waals surface area contributed by atoms with Crippen LogP contribution >= 0.6 is 0 Å². The van der Waals surface area contributed by atoms with Gasteiger partial charge in [0.15, 0.2) is 0 Å². The minimum atomic E-state index is -0.950. The smallest absolute Gasteiger partial charge is 0.322 e. The molecule has 0 saturated carbocycles. The van der Waals surface area contributed by atoms with Gasteiger partial charge in [-0.1, -0.05) is 0 Å². The fourth-order valence-corrected chi connectivity index (χ4v) is 2.21. The monoisotopic (exact) mass is 282 g/mol. The summed E-state index contributed by atoms with van der Waals surface area (Å²) in [6.45, 7) is 4.62. The fraction of sp³-hybridized carbons (Fsp3) is 0.583. The molecule has 0 spiro atoms. The van der Waals surface area contributed by atoms with Crippen LogP contribution in [0.15, 0.2) is 0 Å². The van der Waals surface area contributed by atoms with Crippen LogP contribution in [-0.2, 0) is 9.53 Å². The summed E-state index contributed by atoms with van der Waals surface area (Å²) < 4.78 is 5.24. The molecule has 8 heteroatoms. The Bertz CT molecular complexity index is 494. The fourth-order valence-electron chi connectivity index (χ4n) is 2.21. The Labute approximate surface area is 116 Å². The number of carboxylic acid groups (broad SMARTS) is 1. The molecule has 2 heterocycles. The Kier molecular flexibility index (Phi) is 4.23. The van der Waals surface area contributed by atoms with Gasteiger partial charge in [0.2, 0.25) is 0 Å². The Morgan fingerprint density at radius 1 is 1.55 bits per heavy atom. The summed E-state index contributed by atoms with van der Waals surface area (Å²) in [5, 5.41) is 18.4. The largest absolute Gasteiger partial charge is 0.481 e. The molecule has 1 aliphatic heterocycles. The number of amides is 2. The van der Waals surface area contributed by atoms with Crippen molar-refractivity contribution in [2.45, 2.75) is 26.3 Å². The number of urea groups is 1. The third-order valence-electron chi connectivity index (χ3n) is 3.26. The molecule has 1 unspecified atom stereocenters. The van der Waals surface area contributed by atoms with Crippen LogP contribution < -0.4 is 5.32 Å². The molecule has 110 valence electrons. The van der Waals surface area contributed by atoms with Crippen molar-refractivity contribution in [1.82, 2.24) is 15.1 Å². The number of aromatic amines is 1. The lowest BCUT2D eigenvalue weighted by atomic mass is 10.1. The molecule has 1 atom stereocenters. The van der Waals surface area contributed by atoms with Crippen molar-refractivity contribution in [3.8, 4) is 0 Å². The molecule has 0 bridgehead atoms. The number of ether oxygens (including phenoxy) is 1. The number of aliphatic carboxylic acids is 1. The number of aromatic nitrogens is 2. The lowest BCUT2D eigenvalue weighted by molar-refractivity contribution is -0.139. The first-order valence-electron chi connectivity index (χ1n) is 6.37. The molecule has 1 aromatic rings. The number of hydrogen-bond donors (Lipinski definition) is 3. The van der Waals surface area contributed by atoms with Gasteiger partial charge in [0.05, 0.1) is 42.8 Å². The summed E-state index contributed by atoms with van der Waals surface area (Å²) in [7, 11) is 0. The predicted molar refractivity (Wildman–Crippen MR) is 70.6 cm³/mol. The molecule has 0 radical (unpaired) electrons. The number of rotatable bonds is 3. The van der Waals surface area contributed by atoms with E-state index in [4.69, 9.17) is 9.84 Å². The van der Waals surface area contributed by atoms with E-state index in [-0.39, 0.29) is 19.1 Å². The minimum absolute atomic E-state index is 0.128. The van der Waals surface area contributed by atoms with Crippen LogP contribution in [0.25, 0.3) is 0 Å². The highest BCUT2D eigenvalue weighted by atomic mass is 16.5. The Hall–Kier alpha value is -2.09. The third kappa shape index (κ3) is 3.08. The van der Waals surface area contributed by atoms with Crippen LogP contribution in [0.4, 0.5) is 10.5 Å². The van der Waals surface area contributed by atoms with Crippen LogP contribution in [0.1, 0.15) is 17.8 Å². The number of hydrogen-bond acceptors (Lipinski definition) is 4. The maximum absolute atomic E-state index is 12.3. The van der Waals surface area contributed by atoms with Crippen LogP contribution in [0.5, 0.6) is 0 Å². The highest BCUT2D eigenvalue weighted by Crippen LogP contribution is 2.18. The number of nitrogens with one attached hydrogen (secondary N) is 2. The summed E-state index contributed by atoms with van der Waals surface area (Å²) in [4.78, 5) is 24.6. The molecule has 20 heavy (non-hydrogen) atoms. The van der Waals surface area contributed by atoms with E-state index in [9.17, 15) is 9.59 Å². The second-order valence-corrected chi connectivity index (χ2v) is 4.76. The van der Waals surface area contributed by atoms with Crippen molar-refractivity contribution in [1.29, 1.82) is 0 Å². The van der Waals surface area contributed by atoms with E-state index in [0.29, 0.717) is 24.5 Å². The zero-order valence-corrected chi connectivity index (χ0v) is 11.5. The molecule has 1 aromatic heterocycles. The summed E-state index contributed by atoms with van der Waals surface area (Å²) in [5.74, 6) is -0.950. The summed E-state index contributed by atoms with van der Waals surface area (Å²) in [6, 6.07) is -0.777. The zero-order valence-electron chi connectivity index (χ0n) is 11.5. The van der Waals surface area contributed by atoms with E-state index >= 15 is 0 Å². The first-order valence-corrected chi connectivity index (χ1v) is 6.37. The first kappa shape index (κ1) is 14.3. The molecule has 2 rings (SSSR count). The van der Waals surface area contributed by atoms with Gasteiger partial charge in [0.25, 0.3) is 0 Å². The molecule has 1 fully saturated rings. The number of nitrogens with zero attached hydrogens (tertiary/aromatic N) is 2. The molecule has 1 aliphatic rings. The van der Waals surface area contributed by atoms with Crippen LogP contribution in [0.2, 0.25) is 0 Å². The average Bonchev–Trinajstić information content (AvgIpc) is 2.70. The van der Waals surface area contributed by atoms with Crippen LogP contribution in [-0.4, -0.2) is 58.0 Å². The second-order valence-electron chi connectivity index (χ2n) is 4.76. The number of carbonyl (C=O) groups excluding carboxylic acids is 1. The zero-order chi connectivity index (χ0) is 14.7. The standard InChI is InChI=1S/C12H18N4O4/c1-7-11(8(2)15-14-7)13-12(19)16-3-4-20-6-9(16)5-10(17)18/h9H,3-6H2,1-2H3,(H,13,19)(H,14,15)(H,17,18). The number of anilines is 1. The number of aryl methyl sites for hydroxylation is 2. The number of carboxylic acids is 1. The van der Waals surface area contributed by atoms with Crippen molar-refractivity contribution in [2.75, 3.05) is 25.1 Å². The summed E-state index contributed by atoms with van der Waals surface area (Å²) in [6.07, 6.45) is -0.128. The van der Waals surface area contributed by atoms with Gasteiger partial charge in [0.1, 0.15) is 0 Å². The van der Waals surface area contributed by atoms with Gasteiger partial charge in [-0.15, -0.1) is 0 Å². The third-order valence-corrected chi connectivity index (χ3v) is 3.26. The molecule has 0 aliphatic carbocycles. The Morgan fingerprint density at radius 3 is 2.90 bits per heavy atom. The molecule has 8 nitrogen and oxygen atoms in total. The molecule has 2 amide bonds. The quantitative estimate of drug-likeness (QED) is 0.757. The normalized spacial score (nSPS) is 18.9. The minimum Gasteiger partial charge on any atom is -0.481 e. The lowest BCUT2D eigenvalue weighted by Gasteiger charge is -2.34. The highest BCUT2D eigenvalue weighted by molar-refractivity contribution is 5.91. The van der Waals surface area contributed by atoms with E-state index in [0.717, 1.165) is 5.69 Å². The van der Waals surface area contributed by atoms with Crippen molar-refractivity contribution < 1.29 is 19.4 Å². The average molecular weight is 282 g/mol. The van der Waals surface area contributed by atoms with E-state index in [1.54, 1.807) is 6.92 Å². The number of H-pyrrole nitrogens is 1. The Balaban J connectivity index is 2.08. The van der Waals surface area contributed by atoms with Crippen molar-refractivity contribution in [3.63, 3.8) is 0 Å². The summed E-state index contributed by atoms with van der Waals surface area (Å²) >= 11 is 0. The maximum Gasteiger partial charge on any atom is 0.322 e. The van der Waals surface area contributed by atoms with E-state index in [2.05, 4.69) is 15.5 Å². The van der Waals surface area contributed by atoms with Gasteiger partial charge in [-0.3, -0.25) is 9.89 Å². The maximum atomic E-state index is 12.3. The van der Waals surface area contributed by atoms with Crippen molar-refractivity contribution in [3.05, 3.63) is 11.4 Å². The number of morpholine rings is 1. The molecule has 0 aromatic carbocycles. The van der Waals surface area contributed by atoms with Crippen LogP contribution in [0.3, 0.4) is 0 Å². The molecular weight excluding hydrogens is 264 g/mol. The van der Waals surface area contributed by atoms with Gasteiger partial charge in [0, 0.05) is 6.54 Å². The van der Waals surface area contributed by atoms with Gasteiger partial charge in [-0.05, 0) is 13.8 Å². The van der Waals surface area contributed by atoms with Gasteiger partial charge in [-0.2, -0.15) is 5.10 Å². The van der Waals surface area contributed by atoms with Gasteiger partial charge >= 0.3 is 12.0 Å². The van der Waals surface area contributed by atoms with Gasteiger partial charge in [-0.25, -0.2) is 4.79 Å². The SMILES string of the molecule is Cc1n[nH]c(C)c1NC(=O)N1CCOCC1CC(=O)O. The van der Waals surface area contributed by atoms with E-state index in [1.807, 2.05) is 6.92 Å². The molecular formula is C12H18N4O4. The van der Waals surface area contributed by atoms with E-state index < -0.39 is 12.0 Å². The topological polar surface area (TPSA) is 108 Å². The van der Waals surface area contributed by atoms with Gasteiger partial charge < -0.3 is 20.1 Å². The predicted octanol–water partition coefficient (Wildman–Crippen LogP) is 0.734. The van der Waals surface area contributed by atoms with E-state index in [1.165, 1.54) is 4.90 Å².